The van der Waals surface area contributed by atoms with Gasteiger partial charge in [-0.05, 0) is 73.4 Å². The molecule has 2 N–H and O–H groups in total. The van der Waals surface area contributed by atoms with Crippen molar-refractivity contribution in [2.45, 2.75) is 89.3 Å². The first-order chi connectivity index (χ1) is 19.5. The second kappa shape index (κ2) is 12.7. The highest BCUT2D eigenvalue weighted by Gasteiger charge is 2.48. The second-order valence-electron chi connectivity index (χ2n) is 11.3. The van der Waals surface area contributed by atoms with E-state index in [0.29, 0.717) is 24.8 Å². The average molecular weight is 574 g/mol. The number of amides is 1. The molecule has 3 aliphatic rings. The molecule has 1 aliphatic heterocycles. The molecule has 9 heteroatoms. The van der Waals surface area contributed by atoms with Crippen LogP contribution in [0, 0.1) is 11.8 Å². The maximum Gasteiger partial charge on any atom is 0.391 e. The number of carbonyl (C=O) groups is 3. The van der Waals surface area contributed by atoms with Gasteiger partial charge in [0.1, 0.15) is 6.10 Å². The summed E-state index contributed by atoms with van der Waals surface area (Å²) in [5.41, 5.74) is 3.19. The number of carboxylic acids is 1. The van der Waals surface area contributed by atoms with Crippen LogP contribution < -0.4 is 5.32 Å². The lowest BCUT2D eigenvalue weighted by atomic mass is 9.60. The summed E-state index contributed by atoms with van der Waals surface area (Å²) in [5, 5.41) is 11.4. The molecule has 0 saturated heterocycles. The summed E-state index contributed by atoms with van der Waals surface area (Å²) >= 11 is 0. The zero-order valence-electron chi connectivity index (χ0n) is 23.6. The Morgan fingerprint density at radius 3 is 2.32 bits per heavy atom. The van der Waals surface area contributed by atoms with E-state index in [1.807, 2.05) is 19.1 Å². The number of carbonyl (C=O) groups excluding carboxylic acids is 2. The van der Waals surface area contributed by atoms with E-state index in [1.54, 1.807) is 24.3 Å². The topological polar surface area (TPSA) is 92.7 Å². The monoisotopic (exact) mass is 573 g/mol. The number of hydrogen-bond donors (Lipinski definition) is 2. The Morgan fingerprint density at radius 2 is 1.73 bits per heavy atom. The lowest BCUT2D eigenvalue weighted by Crippen LogP contribution is -2.40. The van der Waals surface area contributed by atoms with Crippen molar-refractivity contribution < 1.29 is 37.4 Å². The number of allylic oxidation sites excluding steroid dienone is 2. The summed E-state index contributed by atoms with van der Waals surface area (Å²) in [6.07, 6.45) is 4.62. The number of nitrogens with one attached hydrogen (secondary N) is 1. The SMILES string of the molecule is CCCC1=C(CCC)C2C=C(C3(c4ccc(C(=O)NCCC(=O)O)cc4)CCC(C(F)(F)F)CC3)C=CC2OC1=O. The molecule has 1 saturated carbocycles. The molecule has 0 radical (unpaired) electrons. The molecule has 0 spiro atoms. The van der Waals surface area contributed by atoms with Crippen LogP contribution >= 0.6 is 0 Å². The fraction of sp³-hybridized carbons (Fsp3) is 0.531. The van der Waals surface area contributed by atoms with Gasteiger partial charge in [0.15, 0.2) is 0 Å². The molecule has 41 heavy (non-hydrogen) atoms. The minimum atomic E-state index is -4.25. The van der Waals surface area contributed by atoms with E-state index in [4.69, 9.17) is 9.84 Å². The largest absolute Gasteiger partial charge is 0.481 e. The third kappa shape index (κ3) is 6.60. The van der Waals surface area contributed by atoms with Crippen molar-refractivity contribution in [2.24, 2.45) is 11.8 Å². The van der Waals surface area contributed by atoms with Crippen LogP contribution in [0.1, 0.15) is 87.6 Å². The van der Waals surface area contributed by atoms with E-state index in [2.05, 4.69) is 18.3 Å². The molecule has 0 bridgehead atoms. The zero-order valence-corrected chi connectivity index (χ0v) is 23.6. The number of fused-ring (bicyclic) bond motifs is 1. The number of hydrogen-bond acceptors (Lipinski definition) is 4. The highest BCUT2D eigenvalue weighted by molar-refractivity contribution is 5.94. The Labute approximate surface area is 238 Å². The Bertz CT molecular complexity index is 1240. The molecular formula is C32H38F3NO5. The Hall–Kier alpha value is -3.36. The third-order valence-electron chi connectivity index (χ3n) is 8.66. The van der Waals surface area contributed by atoms with Gasteiger partial charge in [-0.15, -0.1) is 0 Å². The fourth-order valence-corrected chi connectivity index (χ4v) is 6.53. The van der Waals surface area contributed by atoms with Gasteiger partial charge in [0, 0.05) is 29.0 Å². The molecule has 1 fully saturated rings. The standard InChI is InChI=1S/C32H38F3NO5/c1-3-5-24-25(6-4-2)30(40)41-27-12-11-23(19-26(24)27)31(16-13-22(14-17-31)32(33,34)35)21-9-7-20(8-10-21)29(39)36-18-15-28(37)38/h7-12,19,22,26-27H,3-6,13-18H2,1-2H3,(H,36,39)(H,37,38). The Morgan fingerprint density at radius 1 is 1.07 bits per heavy atom. The van der Waals surface area contributed by atoms with Crippen LogP contribution in [0.5, 0.6) is 0 Å². The number of benzene rings is 1. The highest BCUT2D eigenvalue weighted by Crippen LogP contribution is 2.52. The van der Waals surface area contributed by atoms with Crippen LogP contribution in [0.3, 0.4) is 0 Å². The molecule has 6 nitrogen and oxygen atoms in total. The van der Waals surface area contributed by atoms with Gasteiger partial charge in [-0.1, -0.05) is 51.0 Å². The third-order valence-corrected chi connectivity index (χ3v) is 8.66. The molecule has 1 heterocycles. The molecule has 4 rings (SSSR count). The van der Waals surface area contributed by atoms with Crippen LogP contribution in [-0.2, 0) is 19.7 Å². The maximum absolute atomic E-state index is 13.7. The minimum Gasteiger partial charge on any atom is -0.481 e. The second-order valence-corrected chi connectivity index (χ2v) is 11.3. The molecule has 1 aromatic rings. The smallest absolute Gasteiger partial charge is 0.391 e. The van der Waals surface area contributed by atoms with Crippen molar-refractivity contribution in [3.63, 3.8) is 0 Å². The van der Waals surface area contributed by atoms with Gasteiger partial charge >= 0.3 is 18.1 Å². The Balaban J connectivity index is 1.71. The first kappa shape index (κ1) is 30.6. The highest BCUT2D eigenvalue weighted by atomic mass is 19.4. The van der Waals surface area contributed by atoms with E-state index in [1.165, 1.54) is 0 Å². The van der Waals surface area contributed by atoms with Gasteiger partial charge < -0.3 is 15.2 Å². The van der Waals surface area contributed by atoms with E-state index >= 15 is 0 Å². The van der Waals surface area contributed by atoms with Crippen LogP contribution in [0.15, 0.2) is 59.2 Å². The summed E-state index contributed by atoms with van der Waals surface area (Å²) in [5.74, 6) is -3.23. The lowest BCUT2D eigenvalue weighted by molar-refractivity contribution is -0.184. The van der Waals surface area contributed by atoms with E-state index < -0.39 is 35.5 Å². The quantitative estimate of drug-likeness (QED) is 0.300. The molecular weight excluding hydrogens is 535 g/mol. The van der Waals surface area contributed by atoms with Gasteiger partial charge in [0.25, 0.3) is 5.91 Å². The van der Waals surface area contributed by atoms with Crippen LogP contribution in [0.25, 0.3) is 0 Å². The van der Waals surface area contributed by atoms with Gasteiger partial charge in [0.2, 0.25) is 0 Å². The van der Waals surface area contributed by atoms with Gasteiger partial charge in [-0.3, -0.25) is 9.59 Å². The lowest BCUT2D eigenvalue weighted by Gasteiger charge is -2.45. The predicted molar refractivity (Wildman–Crippen MR) is 148 cm³/mol. The van der Waals surface area contributed by atoms with Gasteiger partial charge in [-0.2, -0.15) is 13.2 Å². The van der Waals surface area contributed by atoms with Crippen LogP contribution in [0.2, 0.25) is 0 Å². The number of ether oxygens (including phenoxy) is 1. The molecule has 2 aliphatic carbocycles. The maximum atomic E-state index is 13.7. The molecule has 1 aromatic carbocycles. The number of halogens is 3. The average Bonchev–Trinajstić information content (AvgIpc) is 2.94. The summed E-state index contributed by atoms with van der Waals surface area (Å²) in [6, 6.07) is 6.88. The zero-order chi connectivity index (χ0) is 29.8. The first-order valence-electron chi connectivity index (χ1n) is 14.5. The van der Waals surface area contributed by atoms with E-state index in [-0.39, 0.29) is 37.7 Å². The van der Waals surface area contributed by atoms with E-state index in [9.17, 15) is 27.6 Å². The van der Waals surface area contributed by atoms with Crippen molar-refractivity contribution in [3.8, 4) is 0 Å². The summed E-state index contributed by atoms with van der Waals surface area (Å²) < 4.78 is 46.8. The first-order valence-corrected chi connectivity index (χ1v) is 14.5. The van der Waals surface area contributed by atoms with Crippen molar-refractivity contribution >= 4 is 17.8 Å². The molecule has 0 aromatic heterocycles. The summed E-state index contributed by atoms with van der Waals surface area (Å²) in [7, 11) is 0. The van der Waals surface area contributed by atoms with Crippen molar-refractivity contribution in [1.29, 1.82) is 0 Å². The summed E-state index contributed by atoms with van der Waals surface area (Å²) in [4.78, 5) is 36.1. The molecule has 2 unspecified atom stereocenters. The van der Waals surface area contributed by atoms with E-state index in [0.717, 1.165) is 41.5 Å². The van der Waals surface area contributed by atoms with Crippen LogP contribution in [-0.4, -0.2) is 41.8 Å². The van der Waals surface area contributed by atoms with Crippen LogP contribution in [0.4, 0.5) is 13.2 Å². The van der Waals surface area contributed by atoms with Gasteiger partial charge in [-0.25, -0.2) is 4.79 Å². The van der Waals surface area contributed by atoms with Crippen molar-refractivity contribution in [2.75, 3.05) is 6.54 Å². The van der Waals surface area contributed by atoms with Crippen molar-refractivity contribution in [3.05, 3.63) is 70.3 Å². The number of alkyl halides is 3. The van der Waals surface area contributed by atoms with Gasteiger partial charge in [0.05, 0.1) is 12.3 Å². The fourth-order valence-electron chi connectivity index (χ4n) is 6.53. The number of esters is 1. The minimum absolute atomic E-state index is 0.00285. The number of rotatable bonds is 10. The number of aliphatic carboxylic acids is 1. The predicted octanol–water partition coefficient (Wildman–Crippen LogP) is 6.82. The van der Waals surface area contributed by atoms with Crippen molar-refractivity contribution in [1.82, 2.24) is 5.32 Å². The molecule has 222 valence electrons. The summed E-state index contributed by atoms with van der Waals surface area (Å²) in [6.45, 7) is 4.08. The normalized spacial score (nSPS) is 26.2. The number of carboxylic acid groups (broad SMARTS) is 1. The molecule has 1 amide bonds. The molecule has 2 atom stereocenters. The Kier molecular flexibility index (Phi) is 9.44.